The van der Waals surface area contributed by atoms with Gasteiger partial charge in [0.1, 0.15) is 24.2 Å². The number of nitro benzene ring substituents is 1. The second-order valence-electron chi connectivity index (χ2n) is 6.70. The summed E-state index contributed by atoms with van der Waals surface area (Å²) < 4.78 is 10.7. The summed E-state index contributed by atoms with van der Waals surface area (Å²) in [6, 6.07) is 13.9. The van der Waals surface area contributed by atoms with Crippen LogP contribution in [-0.4, -0.2) is 67.5 Å². The van der Waals surface area contributed by atoms with E-state index in [0.29, 0.717) is 12.3 Å². The smallest absolute Gasteiger partial charge is 0.269 e. The molecule has 0 spiro atoms. The van der Waals surface area contributed by atoms with E-state index in [9.17, 15) is 15.2 Å². The molecule has 1 aliphatic heterocycles. The number of nitrogens with zero attached hydrogens (tertiary/aromatic N) is 3. The number of rotatable bonds is 8. The van der Waals surface area contributed by atoms with Gasteiger partial charge in [0.05, 0.1) is 12.0 Å². The van der Waals surface area contributed by atoms with Crippen molar-refractivity contribution in [1.29, 1.82) is 0 Å². The van der Waals surface area contributed by atoms with Crippen molar-refractivity contribution < 1.29 is 31.9 Å². The molecule has 0 saturated carbocycles. The summed E-state index contributed by atoms with van der Waals surface area (Å²) in [5.41, 5.74) is 1.19. The summed E-state index contributed by atoms with van der Waals surface area (Å²) in [4.78, 5) is 14.7. The molecule has 1 aliphatic rings. The van der Waals surface area contributed by atoms with E-state index in [-0.39, 0.29) is 24.7 Å². The number of aliphatic hydroxyl groups excluding tert-OH is 1. The van der Waals surface area contributed by atoms with Gasteiger partial charge in [0.2, 0.25) is 0 Å². The van der Waals surface area contributed by atoms with E-state index in [2.05, 4.69) is 21.9 Å². The zero-order valence-corrected chi connectivity index (χ0v) is 17.0. The van der Waals surface area contributed by atoms with Gasteiger partial charge in [-0.25, -0.2) is 0 Å². The molecule has 0 radical (unpaired) electrons. The maximum absolute atomic E-state index is 10.7. The molecule has 1 saturated heterocycles. The van der Waals surface area contributed by atoms with Crippen molar-refractivity contribution >= 4 is 11.4 Å². The van der Waals surface area contributed by atoms with Crippen LogP contribution in [-0.2, 0) is 0 Å². The zero-order chi connectivity index (χ0) is 19.9. The maximum Gasteiger partial charge on any atom is 0.269 e. The molecular weight excluding hydrogens is 398 g/mol. The second-order valence-corrected chi connectivity index (χ2v) is 6.70. The highest BCUT2D eigenvalue weighted by molar-refractivity contribution is 5.49. The molecule has 29 heavy (non-hydrogen) atoms. The Kier molecular flexibility index (Phi) is 8.50. The first-order valence-electron chi connectivity index (χ1n) is 9.22. The van der Waals surface area contributed by atoms with Gasteiger partial charge in [-0.2, -0.15) is 0 Å². The fourth-order valence-electron chi connectivity index (χ4n) is 3.19. The number of non-ortho nitro benzene ring substituents is 1. The molecule has 2 aromatic carbocycles. The fraction of sp³-hybridized carbons (Fsp3) is 0.400. The van der Waals surface area contributed by atoms with Gasteiger partial charge in [-0.15, -0.1) is 0 Å². The number of ether oxygens (including phenoxy) is 2. The van der Waals surface area contributed by atoms with Crippen molar-refractivity contribution in [2.45, 2.75) is 6.10 Å². The number of methoxy groups -OCH3 is 1. The lowest BCUT2D eigenvalue weighted by atomic mass is 10.2. The van der Waals surface area contributed by atoms with E-state index in [4.69, 9.17) is 9.47 Å². The van der Waals surface area contributed by atoms with Crippen molar-refractivity contribution in [2.24, 2.45) is 0 Å². The Labute approximate surface area is 176 Å². The normalized spacial score (nSPS) is 15.3. The molecule has 158 valence electrons. The summed E-state index contributed by atoms with van der Waals surface area (Å²) in [6.45, 7) is 4.19. The number of aliphatic hydroxyl groups is 1. The Hall–Kier alpha value is -2.55. The van der Waals surface area contributed by atoms with Crippen LogP contribution in [0.25, 0.3) is 0 Å². The Morgan fingerprint density at radius 2 is 1.62 bits per heavy atom. The van der Waals surface area contributed by atoms with E-state index >= 15 is 0 Å². The number of benzene rings is 2. The third kappa shape index (κ3) is 6.49. The number of piperazine rings is 1. The number of nitro groups is 1. The summed E-state index contributed by atoms with van der Waals surface area (Å²) >= 11 is 0. The first kappa shape index (κ1) is 22.7. The van der Waals surface area contributed by atoms with Crippen LogP contribution >= 0.6 is 0 Å². The number of anilines is 1. The van der Waals surface area contributed by atoms with Crippen molar-refractivity contribution in [3.8, 4) is 11.5 Å². The van der Waals surface area contributed by atoms with Gasteiger partial charge in [0.15, 0.2) is 0 Å². The summed E-state index contributed by atoms with van der Waals surface area (Å²) in [7, 11) is 1.66. The number of halogens is 1. The van der Waals surface area contributed by atoms with E-state index in [1.807, 2.05) is 12.1 Å². The molecule has 8 nitrogen and oxygen atoms in total. The van der Waals surface area contributed by atoms with E-state index < -0.39 is 11.0 Å². The summed E-state index contributed by atoms with van der Waals surface area (Å²) in [5.74, 6) is 1.35. The molecule has 1 heterocycles. The monoisotopic (exact) mass is 422 g/mol. The zero-order valence-electron chi connectivity index (χ0n) is 16.2. The largest absolute Gasteiger partial charge is 1.00 e. The van der Waals surface area contributed by atoms with Crippen molar-refractivity contribution in [2.75, 3.05) is 51.3 Å². The molecule has 0 bridgehead atoms. The minimum absolute atomic E-state index is 0. The van der Waals surface area contributed by atoms with Crippen LogP contribution in [0.3, 0.4) is 0 Å². The van der Waals surface area contributed by atoms with Gasteiger partial charge in [0, 0.05) is 50.5 Å². The lowest BCUT2D eigenvalue weighted by molar-refractivity contribution is -0.384. The molecule has 0 amide bonds. The second kappa shape index (κ2) is 10.8. The van der Waals surface area contributed by atoms with Crippen LogP contribution in [0, 0.1) is 10.1 Å². The van der Waals surface area contributed by atoms with Crippen molar-refractivity contribution in [1.82, 2.24) is 4.90 Å². The van der Waals surface area contributed by atoms with E-state index in [1.165, 1.54) is 17.8 Å². The topological polar surface area (TPSA) is 88.3 Å². The number of hydrogen-bond acceptors (Lipinski definition) is 7. The fourth-order valence-corrected chi connectivity index (χ4v) is 3.19. The molecule has 1 atom stereocenters. The lowest BCUT2D eigenvalue weighted by Gasteiger charge is -2.36. The average Bonchev–Trinajstić information content (AvgIpc) is 2.73. The van der Waals surface area contributed by atoms with E-state index in [1.54, 1.807) is 19.2 Å². The van der Waals surface area contributed by atoms with Gasteiger partial charge >= 0.3 is 0 Å². The molecule has 1 unspecified atom stereocenters. The van der Waals surface area contributed by atoms with Crippen molar-refractivity contribution in [3.63, 3.8) is 0 Å². The number of β-amino-alcohol motifs (C(OH)–C–C–N with tert-alkyl or cyclic N) is 1. The molecular formula is C20H25ClN3O5-. The van der Waals surface area contributed by atoms with Gasteiger partial charge in [0.25, 0.3) is 5.69 Å². The Morgan fingerprint density at radius 1 is 1.03 bits per heavy atom. The quantitative estimate of drug-likeness (QED) is 0.439. The van der Waals surface area contributed by atoms with Crippen LogP contribution in [0.5, 0.6) is 11.5 Å². The minimum atomic E-state index is -0.622. The van der Waals surface area contributed by atoms with Crippen LogP contribution in [0.2, 0.25) is 0 Å². The highest BCUT2D eigenvalue weighted by Gasteiger charge is 2.20. The van der Waals surface area contributed by atoms with Gasteiger partial charge in [-0.1, -0.05) is 0 Å². The molecule has 9 heteroatoms. The third-order valence-corrected chi connectivity index (χ3v) is 4.77. The van der Waals surface area contributed by atoms with Gasteiger partial charge in [-0.05, 0) is 36.4 Å². The van der Waals surface area contributed by atoms with Crippen LogP contribution in [0.1, 0.15) is 0 Å². The average molecular weight is 423 g/mol. The molecule has 1 fully saturated rings. The van der Waals surface area contributed by atoms with Crippen LogP contribution in [0.4, 0.5) is 11.4 Å². The van der Waals surface area contributed by atoms with Crippen molar-refractivity contribution in [3.05, 3.63) is 58.6 Å². The third-order valence-electron chi connectivity index (χ3n) is 4.77. The Morgan fingerprint density at radius 3 is 2.17 bits per heavy atom. The Balaban J connectivity index is 0.00000300. The standard InChI is InChI=1S/C20H25N3O5.ClH/c1-27-19-6-2-16(3-7-19)22-12-10-21(11-13-22)14-18(24)15-28-20-8-4-17(5-9-20)23(25)26;/h2-9,18,24H,10-15H2,1H3;1H/p-1. The SMILES string of the molecule is COc1ccc(N2CCN(CC(O)COc3ccc([N+](=O)[O-])cc3)CC2)cc1.[Cl-]. The van der Waals surface area contributed by atoms with E-state index in [0.717, 1.165) is 31.9 Å². The van der Waals surface area contributed by atoms with Gasteiger partial charge in [-0.3, -0.25) is 15.0 Å². The molecule has 0 aromatic heterocycles. The first-order valence-corrected chi connectivity index (χ1v) is 9.22. The molecule has 1 N–H and O–H groups in total. The minimum Gasteiger partial charge on any atom is -1.00 e. The molecule has 0 aliphatic carbocycles. The highest BCUT2D eigenvalue weighted by Crippen LogP contribution is 2.21. The van der Waals surface area contributed by atoms with Crippen LogP contribution in [0.15, 0.2) is 48.5 Å². The maximum atomic E-state index is 10.7. The van der Waals surface area contributed by atoms with Crippen LogP contribution < -0.4 is 26.8 Å². The first-order chi connectivity index (χ1) is 13.5. The predicted octanol–water partition coefficient (Wildman–Crippen LogP) is -0.831. The highest BCUT2D eigenvalue weighted by atomic mass is 35.5. The molecule has 3 rings (SSSR count). The Bertz CT molecular complexity index is 765. The number of hydrogen-bond donors (Lipinski definition) is 1. The molecule has 2 aromatic rings. The summed E-state index contributed by atoms with van der Waals surface area (Å²) in [6.07, 6.45) is -0.622. The lowest BCUT2D eigenvalue weighted by Crippen LogP contribution is -3.00. The summed E-state index contributed by atoms with van der Waals surface area (Å²) in [5, 5.41) is 20.9. The predicted molar refractivity (Wildman–Crippen MR) is 106 cm³/mol. The van der Waals surface area contributed by atoms with Gasteiger partial charge < -0.3 is 31.9 Å².